The molecule has 0 unspecified atom stereocenters. The third-order valence-corrected chi connectivity index (χ3v) is 6.75. The van der Waals surface area contributed by atoms with Crippen LogP contribution in [-0.2, 0) is 10.5 Å². The SMILES string of the molecule is CC(=O)N(c1nc(CSc2nc3ccc(Cl)cc3[nH]2)cs1)c1c(C)cc(C)cc1Cl. The number of hydrogen-bond donors (Lipinski definition) is 1. The van der Waals surface area contributed by atoms with Crippen molar-refractivity contribution < 1.29 is 4.79 Å². The Bertz CT molecular complexity index is 1230. The van der Waals surface area contributed by atoms with Gasteiger partial charge in [0.15, 0.2) is 10.3 Å². The van der Waals surface area contributed by atoms with Crippen molar-refractivity contribution in [2.45, 2.75) is 31.7 Å². The highest BCUT2D eigenvalue weighted by atomic mass is 35.5. The maximum atomic E-state index is 12.5. The number of thioether (sulfide) groups is 1. The van der Waals surface area contributed by atoms with Gasteiger partial charge >= 0.3 is 0 Å². The van der Waals surface area contributed by atoms with E-state index in [1.165, 1.54) is 18.3 Å². The molecule has 0 saturated heterocycles. The zero-order valence-corrected chi connectivity index (χ0v) is 19.6. The van der Waals surface area contributed by atoms with Gasteiger partial charge in [0, 0.05) is 23.1 Å². The Kier molecular flexibility index (Phi) is 6.06. The van der Waals surface area contributed by atoms with E-state index >= 15 is 0 Å². The molecule has 4 aromatic rings. The average Bonchev–Trinajstić information content (AvgIpc) is 3.28. The largest absolute Gasteiger partial charge is 0.333 e. The molecule has 4 rings (SSSR count). The summed E-state index contributed by atoms with van der Waals surface area (Å²) in [6.45, 7) is 5.44. The van der Waals surface area contributed by atoms with Crippen LogP contribution in [0.1, 0.15) is 23.7 Å². The molecule has 0 bridgehead atoms. The summed E-state index contributed by atoms with van der Waals surface area (Å²) in [5.74, 6) is 0.489. The minimum atomic E-state index is -0.133. The number of aromatic amines is 1. The molecule has 0 aliphatic carbocycles. The Balaban J connectivity index is 1.56. The van der Waals surface area contributed by atoms with Gasteiger partial charge in [0.25, 0.3) is 0 Å². The highest BCUT2D eigenvalue weighted by molar-refractivity contribution is 7.98. The molecule has 0 aliphatic rings. The quantitative estimate of drug-likeness (QED) is 0.317. The summed E-state index contributed by atoms with van der Waals surface area (Å²) in [5.41, 5.74) is 5.29. The van der Waals surface area contributed by atoms with Gasteiger partial charge in [0.1, 0.15) is 0 Å². The minimum Gasteiger partial charge on any atom is -0.333 e. The molecule has 0 saturated carbocycles. The van der Waals surface area contributed by atoms with Crippen molar-refractivity contribution in [2.24, 2.45) is 0 Å². The number of nitrogens with zero attached hydrogens (tertiary/aromatic N) is 3. The van der Waals surface area contributed by atoms with E-state index in [2.05, 4.69) is 15.0 Å². The predicted molar refractivity (Wildman–Crippen MR) is 127 cm³/mol. The van der Waals surface area contributed by atoms with Crippen molar-refractivity contribution >= 4 is 74.1 Å². The number of nitrogens with one attached hydrogen (secondary N) is 1. The van der Waals surface area contributed by atoms with Crippen molar-refractivity contribution in [3.8, 4) is 0 Å². The van der Waals surface area contributed by atoms with Gasteiger partial charge in [-0.2, -0.15) is 0 Å². The van der Waals surface area contributed by atoms with Gasteiger partial charge in [-0.25, -0.2) is 9.97 Å². The fourth-order valence-corrected chi connectivity index (χ4v) is 5.55. The van der Waals surface area contributed by atoms with Crippen molar-refractivity contribution in [3.63, 3.8) is 0 Å². The number of fused-ring (bicyclic) bond motifs is 1. The van der Waals surface area contributed by atoms with Gasteiger partial charge in [-0.1, -0.05) is 41.0 Å². The fourth-order valence-electron chi connectivity index (χ4n) is 3.21. The molecule has 0 atom stereocenters. The molecule has 0 spiro atoms. The van der Waals surface area contributed by atoms with Gasteiger partial charge in [0.2, 0.25) is 5.91 Å². The van der Waals surface area contributed by atoms with Gasteiger partial charge in [-0.15, -0.1) is 11.3 Å². The lowest BCUT2D eigenvalue weighted by atomic mass is 10.1. The number of aromatic nitrogens is 3. The van der Waals surface area contributed by atoms with E-state index in [1.807, 2.05) is 49.6 Å². The van der Waals surface area contributed by atoms with Crippen LogP contribution in [0.25, 0.3) is 11.0 Å². The molecule has 0 fully saturated rings. The molecular formula is C21H18Cl2N4OS2. The Hall–Kier alpha value is -2.06. The first-order valence-electron chi connectivity index (χ1n) is 9.11. The predicted octanol–water partition coefficient (Wildman–Crippen LogP) is 6.92. The van der Waals surface area contributed by atoms with Gasteiger partial charge in [-0.3, -0.25) is 9.69 Å². The van der Waals surface area contributed by atoms with Crippen LogP contribution in [0.3, 0.4) is 0 Å². The van der Waals surface area contributed by atoms with Crippen LogP contribution in [-0.4, -0.2) is 20.9 Å². The highest BCUT2D eigenvalue weighted by Crippen LogP contribution is 2.38. The normalized spacial score (nSPS) is 11.2. The smallest absolute Gasteiger partial charge is 0.230 e. The molecule has 5 nitrogen and oxygen atoms in total. The molecule has 0 radical (unpaired) electrons. The Morgan fingerprint density at radius 1 is 1.20 bits per heavy atom. The molecule has 2 aromatic carbocycles. The zero-order chi connectivity index (χ0) is 21.4. The van der Waals surface area contributed by atoms with E-state index in [4.69, 9.17) is 23.2 Å². The lowest BCUT2D eigenvalue weighted by Crippen LogP contribution is -2.24. The van der Waals surface area contributed by atoms with Gasteiger partial charge in [0.05, 0.1) is 27.4 Å². The number of carbonyl (C=O) groups is 1. The second kappa shape index (κ2) is 8.59. The number of H-pyrrole nitrogens is 1. The summed E-state index contributed by atoms with van der Waals surface area (Å²) in [6, 6.07) is 9.43. The fraction of sp³-hybridized carbons (Fsp3) is 0.190. The lowest BCUT2D eigenvalue weighted by Gasteiger charge is -2.22. The van der Waals surface area contributed by atoms with Crippen LogP contribution in [0.2, 0.25) is 10.0 Å². The maximum Gasteiger partial charge on any atom is 0.230 e. The van der Waals surface area contributed by atoms with E-state index in [1.54, 1.807) is 16.7 Å². The maximum absolute atomic E-state index is 12.5. The number of amides is 1. The number of thiazole rings is 1. The number of aryl methyl sites for hydroxylation is 2. The molecule has 1 N–H and O–H groups in total. The second-order valence-corrected chi connectivity index (χ2v) is 9.52. The van der Waals surface area contributed by atoms with Crippen LogP contribution < -0.4 is 4.90 Å². The highest BCUT2D eigenvalue weighted by Gasteiger charge is 2.22. The van der Waals surface area contributed by atoms with Crippen LogP contribution in [0.15, 0.2) is 40.9 Å². The number of anilines is 2. The van der Waals surface area contributed by atoms with Gasteiger partial charge < -0.3 is 4.98 Å². The molecule has 1 amide bonds. The van der Waals surface area contributed by atoms with E-state index < -0.39 is 0 Å². The number of benzene rings is 2. The van der Waals surface area contributed by atoms with E-state index in [9.17, 15) is 4.79 Å². The number of imidazole rings is 1. The standard InChI is InChI=1S/C21H18Cl2N4OS2/c1-11-6-12(2)19(16(23)7-11)27(13(3)28)21-24-15(10-30-21)9-29-20-25-17-5-4-14(22)8-18(17)26-20/h4-8,10H,9H2,1-3H3,(H,25,26). The van der Waals surface area contributed by atoms with Gasteiger partial charge in [-0.05, 0) is 49.2 Å². The first-order valence-corrected chi connectivity index (χ1v) is 11.7. The van der Waals surface area contributed by atoms with Crippen LogP contribution in [0.4, 0.5) is 10.8 Å². The summed E-state index contributed by atoms with van der Waals surface area (Å²) in [7, 11) is 0. The van der Waals surface area contributed by atoms with Crippen molar-refractivity contribution in [1.82, 2.24) is 15.0 Å². The Morgan fingerprint density at radius 3 is 2.73 bits per heavy atom. The van der Waals surface area contributed by atoms with Crippen LogP contribution >= 0.6 is 46.3 Å². The average molecular weight is 477 g/mol. The van der Waals surface area contributed by atoms with Crippen LogP contribution in [0.5, 0.6) is 0 Å². The number of hydrogen-bond acceptors (Lipinski definition) is 5. The molecule has 30 heavy (non-hydrogen) atoms. The molecule has 0 aliphatic heterocycles. The van der Waals surface area contributed by atoms with Crippen molar-refractivity contribution in [3.05, 3.63) is 62.6 Å². The monoisotopic (exact) mass is 476 g/mol. The van der Waals surface area contributed by atoms with Crippen LogP contribution in [0, 0.1) is 13.8 Å². The molecular weight excluding hydrogens is 459 g/mol. The van der Waals surface area contributed by atoms with E-state index in [0.29, 0.717) is 26.6 Å². The summed E-state index contributed by atoms with van der Waals surface area (Å²) in [4.78, 5) is 26.5. The summed E-state index contributed by atoms with van der Waals surface area (Å²) < 4.78 is 0. The van der Waals surface area contributed by atoms with Crippen molar-refractivity contribution in [2.75, 3.05) is 4.90 Å². The third kappa shape index (κ3) is 4.34. The number of halogens is 2. The molecule has 2 aromatic heterocycles. The van der Waals surface area contributed by atoms with E-state index in [0.717, 1.165) is 33.0 Å². The molecule has 2 heterocycles. The number of rotatable bonds is 5. The summed E-state index contributed by atoms with van der Waals surface area (Å²) >= 11 is 15.5. The molecule has 9 heteroatoms. The summed E-state index contributed by atoms with van der Waals surface area (Å²) in [6.07, 6.45) is 0. The second-order valence-electron chi connectivity index (χ2n) is 6.88. The molecule has 154 valence electrons. The zero-order valence-electron chi connectivity index (χ0n) is 16.5. The first-order chi connectivity index (χ1) is 14.3. The van der Waals surface area contributed by atoms with Crippen molar-refractivity contribution in [1.29, 1.82) is 0 Å². The summed E-state index contributed by atoms with van der Waals surface area (Å²) in [5, 5.41) is 4.55. The Morgan fingerprint density at radius 2 is 2.00 bits per heavy atom. The minimum absolute atomic E-state index is 0.133. The van der Waals surface area contributed by atoms with E-state index in [-0.39, 0.29) is 5.91 Å². The third-order valence-electron chi connectivity index (χ3n) is 4.45. The Labute approximate surface area is 192 Å². The number of carbonyl (C=O) groups excluding carboxylic acids is 1. The topological polar surface area (TPSA) is 61.9 Å². The first kappa shape index (κ1) is 21.2. The lowest BCUT2D eigenvalue weighted by molar-refractivity contribution is -0.115.